The number of halogens is 1. The summed E-state index contributed by atoms with van der Waals surface area (Å²) in [6.07, 6.45) is 1.19. The Morgan fingerprint density at radius 2 is 2.27 bits per heavy atom. The average Bonchev–Trinajstić information content (AvgIpc) is 2.17. The van der Waals surface area contributed by atoms with Gasteiger partial charge in [0.1, 0.15) is 0 Å². The molecular weight excluding hydrogens is 222 g/mol. The predicted molar refractivity (Wildman–Crippen MR) is 52.2 cm³/mol. The van der Waals surface area contributed by atoms with Crippen molar-refractivity contribution in [3.8, 4) is 0 Å². The van der Waals surface area contributed by atoms with E-state index in [9.17, 15) is 9.59 Å². The van der Waals surface area contributed by atoms with Gasteiger partial charge >= 0.3 is 11.9 Å². The van der Waals surface area contributed by atoms with Crippen LogP contribution >= 0.6 is 11.6 Å². The highest BCUT2D eigenvalue weighted by atomic mass is 35.5. The summed E-state index contributed by atoms with van der Waals surface area (Å²) in [6, 6.07) is 1.16. The summed E-state index contributed by atoms with van der Waals surface area (Å²) in [6.45, 7) is 1.77. The number of aromatic carboxylic acids is 1. The lowest BCUT2D eigenvalue weighted by Gasteiger charge is -2.04. The van der Waals surface area contributed by atoms with E-state index in [0.717, 1.165) is 6.07 Å². The average molecular weight is 230 g/mol. The van der Waals surface area contributed by atoms with E-state index >= 15 is 0 Å². The quantitative estimate of drug-likeness (QED) is 0.797. The van der Waals surface area contributed by atoms with Crippen molar-refractivity contribution in [1.82, 2.24) is 4.98 Å². The Morgan fingerprint density at radius 1 is 1.60 bits per heavy atom. The van der Waals surface area contributed by atoms with Crippen LogP contribution in [-0.2, 0) is 4.74 Å². The summed E-state index contributed by atoms with van der Waals surface area (Å²) in [5, 5.41) is 8.95. The molecular formula is C9H8ClNO4. The largest absolute Gasteiger partial charge is 0.478 e. The Hall–Kier alpha value is -1.62. The molecule has 0 saturated carbocycles. The Kier molecular flexibility index (Phi) is 3.62. The zero-order valence-corrected chi connectivity index (χ0v) is 8.61. The van der Waals surface area contributed by atoms with E-state index in [1.807, 2.05) is 0 Å². The molecule has 1 rings (SSSR count). The lowest BCUT2D eigenvalue weighted by Crippen LogP contribution is -2.13. The number of carboxylic acids is 1. The SMILES string of the molecule is CCOC(=O)c1ncc(Cl)cc1C(=O)O. The third-order valence-corrected chi connectivity index (χ3v) is 1.76. The molecule has 0 aliphatic heterocycles. The summed E-state index contributed by atoms with van der Waals surface area (Å²) >= 11 is 5.56. The first-order valence-electron chi connectivity index (χ1n) is 4.12. The molecule has 0 radical (unpaired) electrons. The van der Waals surface area contributed by atoms with E-state index in [1.165, 1.54) is 6.20 Å². The fourth-order valence-electron chi connectivity index (χ4n) is 0.964. The van der Waals surface area contributed by atoms with Gasteiger partial charge in [0, 0.05) is 6.20 Å². The Balaban J connectivity index is 3.17. The van der Waals surface area contributed by atoms with Crippen LogP contribution in [0.5, 0.6) is 0 Å². The fraction of sp³-hybridized carbons (Fsp3) is 0.222. The molecule has 0 bridgehead atoms. The molecule has 0 aromatic carbocycles. The molecule has 0 amide bonds. The number of rotatable bonds is 3. The molecule has 1 heterocycles. The summed E-state index contributed by atoms with van der Waals surface area (Å²) in [5.74, 6) is -2.04. The Morgan fingerprint density at radius 3 is 2.80 bits per heavy atom. The maximum absolute atomic E-state index is 11.3. The second-order valence-electron chi connectivity index (χ2n) is 2.58. The van der Waals surface area contributed by atoms with Gasteiger partial charge in [-0.3, -0.25) is 0 Å². The molecule has 1 N–H and O–H groups in total. The van der Waals surface area contributed by atoms with Crippen molar-refractivity contribution in [2.24, 2.45) is 0 Å². The molecule has 15 heavy (non-hydrogen) atoms. The van der Waals surface area contributed by atoms with Crippen LogP contribution in [-0.4, -0.2) is 28.6 Å². The maximum Gasteiger partial charge on any atom is 0.357 e. The third kappa shape index (κ3) is 2.66. The molecule has 0 saturated heterocycles. The highest BCUT2D eigenvalue weighted by Gasteiger charge is 2.19. The molecule has 5 nitrogen and oxygen atoms in total. The zero-order chi connectivity index (χ0) is 11.4. The van der Waals surface area contributed by atoms with E-state index in [4.69, 9.17) is 16.7 Å². The van der Waals surface area contributed by atoms with Gasteiger partial charge < -0.3 is 9.84 Å². The third-order valence-electron chi connectivity index (χ3n) is 1.55. The van der Waals surface area contributed by atoms with Crippen molar-refractivity contribution in [1.29, 1.82) is 0 Å². The minimum Gasteiger partial charge on any atom is -0.478 e. The van der Waals surface area contributed by atoms with Crippen molar-refractivity contribution >= 4 is 23.5 Å². The molecule has 80 valence electrons. The molecule has 1 aromatic rings. The molecule has 1 aromatic heterocycles. The van der Waals surface area contributed by atoms with Crippen molar-refractivity contribution < 1.29 is 19.4 Å². The smallest absolute Gasteiger partial charge is 0.357 e. The number of nitrogens with zero attached hydrogens (tertiary/aromatic N) is 1. The summed E-state index contributed by atoms with van der Waals surface area (Å²) in [5.41, 5.74) is -0.505. The van der Waals surface area contributed by atoms with E-state index in [2.05, 4.69) is 9.72 Å². The molecule has 0 fully saturated rings. The Labute approximate surface area is 90.6 Å². The minimum atomic E-state index is -1.27. The van der Waals surface area contributed by atoms with E-state index < -0.39 is 11.9 Å². The van der Waals surface area contributed by atoms with Gasteiger partial charge in [-0.15, -0.1) is 0 Å². The van der Waals surface area contributed by atoms with Gasteiger partial charge in [0.2, 0.25) is 0 Å². The molecule has 0 spiro atoms. The normalized spacial score (nSPS) is 9.73. The maximum atomic E-state index is 11.3. The van der Waals surface area contributed by atoms with E-state index in [0.29, 0.717) is 0 Å². The number of hydrogen-bond acceptors (Lipinski definition) is 4. The molecule has 0 atom stereocenters. The summed E-state index contributed by atoms with van der Waals surface area (Å²) < 4.78 is 4.65. The topological polar surface area (TPSA) is 76.5 Å². The van der Waals surface area contributed by atoms with Crippen molar-refractivity contribution in [2.75, 3.05) is 6.61 Å². The first-order chi connectivity index (χ1) is 7.06. The predicted octanol–water partition coefficient (Wildman–Crippen LogP) is 1.61. The van der Waals surface area contributed by atoms with Crippen LogP contribution in [0, 0.1) is 0 Å². The van der Waals surface area contributed by atoms with Gasteiger partial charge in [-0.1, -0.05) is 11.6 Å². The first-order valence-corrected chi connectivity index (χ1v) is 4.50. The highest BCUT2D eigenvalue weighted by molar-refractivity contribution is 6.30. The van der Waals surface area contributed by atoms with Crippen molar-refractivity contribution in [3.05, 3.63) is 28.5 Å². The van der Waals surface area contributed by atoms with Crippen LogP contribution in [0.3, 0.4) is 0 Å². The van der Waals surface area contributed by atoms with Gasteiger partial charge in [-0.2, -0.15) is 0 Å². The van der Waals surface area contributed by atoms with Crippen molar-refractivity contribution in [3.63, 3.8) is 0 Å². The number of esters is 1. The van der Waals surface area contributed by atoms with Gasteiger partial charge in [-0.05, 0) is 13.0 Å². The fourth-order valence-corrected chi connectivity index (χ4v) is 1.12. The van der Waals surface area contributed by atoms with Crippen LogP contribution in [0.1, 0.15) is 27.8 Å². The lowest BCUT2D eigenvalue weighted by molar-refractivity contribution is 0.0507. The number of ether oxygens (including phenoxy) is 1. The Bertz CT molecular complexity index is 405. The number of carbonyl (C=O) groups is 2. The first kappa shape index (κ1) is 11.5. The number of carbonyl (C=O) groups excluding carboxylic acids is 1. The van der Waals surface area contributed by atoms with Crippen LogP contribution in [0.2, 0.25) is 5.02 Å². The lowest BCUT2D eigenvalue weighted by atomic mass is 10.2. The second-order valence-corrected chi connectivity index (χ2v) is 3.01. The van der Waals surface area contributed by atoms with Crippen LogP contribution in [0.4, 0.5) is 0 Å². The number of pyridine rings is 1. The van der Waals surface area contributed by atoms with Gasteiger partial charge in [0.05, 0.1) is 17.2 Å². The van der Waals surface area contributed by atoms with Crippen LogP contribution < -0.4 is 0 Å². The van der Waals surface area contributed by atoms with Gasteiger partial charge in [0.15, 0.2) is 5.69 Å². The van der Waals surface area contributed by atoms with Crippen LogP contribution in [0.15, 0.2) is 12.3 Å². The van der Waals surface area contributed by atoms with Crippen molar-refractivity contribution in [2.45, 2.75) is 6.92 Å². The molecule has 6 heteroatoms. The minimum absolute atomic E-state index is 0.153. The van der Waals surface area contributed by atoms with E-state index in [-0.39, 0.29) is 22.9 Å². The van der Waals surface area contributed by atoms with Crippen LogP contribution in [0.25, 0.3) is 0 Å². The molecule has 0 unspecified atom stereocenters. The number of hydrogen-bond donors (Lipinski definition) is 1. The monoisotopic (exact) mass is 229 g/mol. The molecule has 0 aliphatic carbocycles. The highest BCUT2D eigenvalue weighted by Crippen LogP contribution is 2.14. The summed E-state index contributed by atoms with van der Waals surface area (Å²) in [4.78, 5) is 25.7. The van der Waals surface area contributed by atoms with Gasteiger partial charge in [0.25, 0.3) is 0 Å². The number of aromatic nitrogens is 1. The van der Waals surface area contributed by atoms with E-state index in [1.54, 1.807) is 6.92 Å². The van der Waals surface area contributed by atoms with Gasteiger partial charge in [-0.25, -0.2) is 14.6 Å². The second kappa shape index (κ2) is 4.75. The molecule has 0 aliphatic rings. The number of carboxylic acid groups (broad SMARTS) is 1. The summed E-state index contributed by atoms with van der Waals surface area (Å²) in [7, 11) is 0. The standard InChI is InChI=1S/C9H8ClNO4/c1-2-15-9(14)7-6(8(12)13)3-5(10)4-11-7/h3-4H,2H2,1H3,(H,12,13). The zero-order valence-electron chi connectivity index (χ0n) is 7.86.